The van der Waals surface area contributed by atoms with Crippen molar-refractivity contribution in [3.8, 4) is 11.1 Å². The minimum Gasteiger partial charge on any atom is -0.0911 e. The normalized spacial score (nSPS) is 15.2. The minimum absolute atomic E-state index is 1.19. The number of allylic oxidation sites excluding steroid dienone is 2. The van der Waals surface area contributed by atoms with Gasteiger partial charge in [0.1, 0.15) is 0 Å². The Morgan fingerprint density at radius 3 is 1.85 bits per heavy atom. The Morgan fingerprint density at radius 2 is 1.19 bits per heavy atom. The molecule has 3 aromatic carbocycles. The summed E-state index contributed by atoms with van der Waals surface area (Å²) in [4.78, 5) is 0. The third kappa shape index (κ3) is 3.73. The highest BCUT2D eigenvalue weighted by atomic mass is 28.3. The largest absolute Gasteiger partial charge is 0.0940 e. The van der Waals surface area contributed by atoms with Crippen molar-refractivity contribution in [2.24, 2.45) is 0 Å². The van der Waals surface area contributed by atoms with Gasteiger partial charge in [-0.05, 0) is 35.2 Å². The summed E-state index contributed by atoms with van der Waals surface area (Å²) in [5.74, 6) is 0. The first kappa shape index (κ1) is 17.1. The fourth-order valence-electron chi connectivity index (χ4n) is 4.20. The van der Waals surface area contributed by atoms with E-state index in [1.54, 1.807) is 5.19 Å². The van der Waals surface area contributed by atoms with Gasteiger partial charge in [-0.3, -0.25) is 0 Å². The van der Waals surface area contributed by atoms with E-state index in [4.69, 9.17) is 0 Å². The first-order valence-electron chi connectivity index (χ1n) is 9.71. The maximum atomic E-state index is 2.42. The fraction of sp³-hybridized carbons (Fsp3) is 0.200. The third-order valence-corrected chi connectivity index (χ3v) is 10.7. The van der Waals surface area contributed by atoms with E-state index in [2.05, 4.69) is 97.1 Å². The average Bonchev–Trinajstić information content (AvgIpc) is 3.20. The van der Waals surface area contributed by atoms with Crippen LogP contribution in [0.1, 0.15) is 12.0 Å². The lowest BCUT2D eigenvalue weighted by Crippen LogP contribution is -2.45. The Labute approximate surface area is 158 Å². The van der Waals surface area contributed by atoms with E-state index in [-0.39, 0.29) is 0 Å². The molecule has 1 aliphatic rings. The number of hydrogen-bond donors (Lipinski definition) is 0. The van der Waals surface area contributed by atoms with Crippen molar-refractivity contribution in [3.63, 3.8) is 0 Å². The summed E-state index contributed by atoms with van der Waals surface area (Å²) >= 11 is 0. The lowest BCUT2D eigenvalue weighted by atomic mass is 10.0. The molecule has 0 nitrogen and oxygen atoms in total. The Hall–Kier alpha value is -2.38. The van der Waals surface area contributed by atoms with E-state index in [0.29, 0.717) is 0 Å². The average molecular weight is 355 g/mol. The predicted molar refractivity (Wildman–Crippen MR) is 116 cm³/mol. The molecular weight excluding hydrogens is 328 g/mol. The smallest absolute Gasteiger partial charge is 0.0911 e. The van der Waals surface area contributed by atoms with Crippen molar-refractivity contribution in [1.82, 2.24) is 0 Å². The maximum Gasteiger partial charge on any atom is 0.0940 e. The molecule has 0 N–H and O–H groups in total. The van der Waals surface area contributed by atoms with Crippen LogP contribution in [0.25, 0.3) is 11.1 Å². The standard InChI is InChI=1S/C25H26Si/c1-3-11-23(12-4-1)24-17-15-22(16-18-24)10-9-21-26(19-7-8-20-26)25-13-5-2-6-14-25/h1-8,11-18H,9-10,19-21H2. The molecule has 0 aliphatic carbocycles. The summed E-state index contributed by atoms with van der Waals surface area (Å²) < 4.78 is 0. The highest BCUT2D eigenvalue weighted by Crippen LogP contribution is 2.30. The summed E-state index contributed by atoms with van der Waals surface area (Å²) in [7, 11) is -1.34. The molecule has 26 heavy (non-hydrogen) atoms. The minimum atomic E-state index is -1.34. The molecule has 1 heteroatoms. The molecular formula is C25H26Si. The number of benzene rings is 3. The number of rotatable bonds is 6. The summed E-state index contributed by atoms with van der Waals surface area (Å²) in [5.41, 5.74) is 4.07. The molecule has 0 fully saturated rings. The third-order valence-electron chi connectivity index (χ3n) is 5.75. The van der Waals surface area contributed by atoms with E-state index >= 15 is 0 Å². The van der Waals surface area contributed by atoms with Gasteiger partial charge in [-0.15, -0.1) is 0 Å². The van der Waals surface area contributed by atoms with Gasteiger partial charge in [-0.2, -0.15) is 0 Å². The van der Waals surface area contributed by atoms with Gasteiger partial charge in [-0.1, -0.05) is 115 Å². The van der Waals surface area contributed by atoms with Crippen LogP contribution in [0.4, 0.5) is 0 Å². The van der Waals surface area contributed by atoms with Crippen molar-refractivity contribution in [1.29, 1.82) is 0 Å². The molecule has 0 radical (unpaired) electrons. The van der Waals surface area contributed by atoms with E-state index in [1.807, 2.05) is 0 Å². The summed E-state index contributed by atoms with van der Waals surface area (Å²) in [6.07, 6.45) is 7.34. The SMILES string of the molecule is C1=CC[Si](CCCc2ccc(-c3ccccc3)cc2)(c2ccccc2)C1. The Kier molecular flexibility index (Phi) is 5.17. The van der Waals surface area contributed by atoms with Gasteiger partial charge >= 0.3 is 0 Å². The zero-order valence-electron chi connectivity index (χ0n) is 15.3. The lowest BCUT2D eigenvalue weighted by molar-refractivity contribution is 0.901. The molecule has 0 bridgehead atoms. The van der Waals surface area contributed by atoms with Crippen molar-refractivity contribution in [2.75, 3.05) is 0 Å². The second-order valence-corrected chi connectivity index (χ2v) is 11.9. The van der Waals surface area contributed by atoms with E-state index in [0.717, 1.165) is 0 Å². The first-order valence-corrected chi connectivity index (χ1v) is 12.3. The van der Waals surface area contributed by atoms with Crippen LogP contribution in [0, 0.1) is 0 Å². The first-order chi connectivity index (χ1) is 12.9. The van der Waals surface area contributed by atoms with E-state index in [9.17, 15) is 0 Å². The molecule has 1 heterocycles. The van der Waals surface area contributed by atoms with Crippen LogP contribution < -0.4 is 5.19 Å². The van der Waals surface area contributed by atoms with Gasteiger partial charge in [0.2, 0.25) is 0 Å². The Balaban J connectivity index is 1.39. The van der Waals surface area contributed by atoms with Crippen molar-refractivity contribution < 1.29 is 0 Å². The van der Waals surface area contributed by atoms with Crippen LogP contribution in [-0.4, -0.2) is 8.07 Å². The monoisotopic (exact) mass is 354 g/mol. The summed E-state index contributed by atoms with van der Waals surface area (Å²) in [5, 5.41) is 1.64. The van der Waals surface area contributed by atoms with Gasteiger partial charge in [-0.25, -0.2) is 0 Å². The maximum absolute atomic E-state index is 2.42. The van der Waals surface area contributed by atoms with E-state index < -0.39 is 8.07 Å². The molecule has 130 valence electrons. The molecule has 1 aliphatic heterocycles. The number of hydrogen-bond acceptors (Lipinski definition) is 0. The van der Waals surface area contributed by atoms with Gasteiger partial charge in [0, 0.05) is 0 Å². The molecule has 0 amide bonds. The fourth-order valence-corrected chi connectivity index (χ4v) is 8.53. The zero-order chi connectivity index (χ0) is 17.7. The Morgan fingerprint density at radius 1 is 0.615 bits per heavy atom. The van der Waals surface area contributed by atoms with Gasteiger partial charge in [0.15, 0.2) is 0 Å². The predicted octanol–water partition coefficient (Wildman–Crippen LogP) is 6.21. The van der Waals surface area contributed by atoms with E-state index in [1.165, 1.54) is 47.7 Å². The molecule has 0 saturated carbocycles. The molecule has 4 rings (SSSR count). The number of aryl methyl sites for hydroxylation is 1. The zero-order valence-corrected chi connectivity index (χ0v) is 16.3. The van der Waals surface area contributed by atoms with Crippen LogP contribution in [0.3, 0.4) is 0 Å². The quantitative estimate of drug-likeness (QED) is 0.364. The molecule has 3 aromatic rings. The van der Waals surface area contributed by atoms with Crippen molar-refractivity contribution in [2.45, 2.75) is 31.0 Å². The second-order valence-electron chi connectivity index (χ2n) is 7.44. The lowest BCUT2D eigenvalue weighted by Gasteiger charge is -2.27. The summed E-state index contributed by atoms with van der Waals surface area (Å²) in [6.45, 7) is 0. The van der Waals surface area contributed by atoms with Crippen LogP contribution in [-0.2, 0) is 6.42 Å². The Bertz CT molecular complexity index is 840. The topological polar surface area (TPSA) is 0 Å². The molecule has 0 saturated heterocycles. The van der Waals surface area contributed by atoms with Crippen LogP contribution >= 0.6 is 0 Å². The van der Waals surface area contributed by atoms with Gasteiger partial charge < -0.3 is 0 Å². The van der Waals surface area contributed by atoms with Gasteiger partial charge in [0.25, 0.3) is 0 Å². The van der Waals surface area contributed by atoms with Crippen molar-refractivity contribution >= 4 is 13.3 Å². The molecule has 0 spiro atoms. The molecule has 0 aromatic heterocycles. The molecule has 0 atom stereocenters. The van der Waals surface area contributed by atoms with Crippen molar-refractivity contribution in [3.05, 3.63) is 103 Å². The molecule has 0 unspecified atom stereocenters. The second kappa shape index (κ2) is 7.88. The van der Waals surface area contributed by atoms with Gasteiger partial charge in [0.05, 0.1) is 8.07 Å². The highest BCUT2D eigenvalue weighted by Gasteiger charge is 2.34. The van der Waals surface area contributed by atoms with Crippen LogP contribution in [0.2, 0.25) is 18.1 Å². The van der Waals surface area contributed by atoms with Crippen LogP contribution in [0.15, 0.2) is 97.1 Å². The summed E-state index contributed by atoms with van der Waals surface area (Å²) in [6, 6.07) is 35.1. The van der Waals surface area contributed by atoms with Crippen LogP contribution in [0.5, 0.6) is 0 Å². The highest BCUT2D eigenvalue weighted by molar-refractivity contribution is 6.93.